The third kappa shape index (κ3) is 2.76. The number of hydrazine groups is 1. The van der Waals surface area contributed by atoms with Gasteiger partial charge in [-0.15, -0.1) is 0 Å². The van der Waals surface area contributed by atoms with E-state index >= 15 is 0 Å². The lowest BCUT2D eigenvalue weighted by Crippen LogP contribution is -2.63. The summed E-state index contributed by atoms with van der Waals surface area (Å²) in [6.45, 7) is 4.48. The van der Waals surface area contributed by atoms with Crippen molar-refractivity contribution in [1.29, 1.82) is 0 Å². The van der Waals surface area contributed by atoms with E-state index in [0.717, 1.165) is 19.1 Å². The highest BCUT2D eigenvalue weighted by atomic mass is 127. The van der Waals surface area contributed by atoms with Crippen molar-refractivity contribution in [2.75, 3.05) is 26.2 Å². The van der Waals surface area contributed by atoms with Crippen molar-refractivity contribution in [3.05, 3.63) is 0 Å². The molecule has 2 fully saturated rings. The molecule has 2 saturated heterocycles. The molecule has 4 nitrogen and oxygen atoms in total. The van der Waals surface area contributed by atoms with Crippen LogP contribution in [0, 0.1) is 0 Å². The maximum atomic E-state index is 5.58. The molecule has 0 amide bonds. The van der Waals surface area contributed by atoms with E-state index in [2.05, 4.69) is 31.3 Å². The zero-order valence-electron chi connectivity index (χ0n) is 7.75. The second kappa shape index (κ2) is 4.39. The molecule has 5 heteroatoms. The third-order valence-corrected chi connectivity index (χ3v) is 3.79. The summed E-state index contributed by atoms with van der Waals surface area (Å²) in [5, 5.41) is 5.52. The Kier molecular flexibility index (Phi) is 3.41. The molecule has 0 bridgehead atoms. The highest BCUT2D eigenvalue weighted by Gasteiger charge is 2.27. The molecule has 0 atom stereocenters. The van der Waals surface area contributed by atoms with Crippen molar-refractivity contribution < 1.29 is 0 Å². The Morgan fingerprint density at radius 2 is 1.77 bits per heavy atom. The second-order valence-corrected chi connectivity index (χ2v) is 5.37. The Labute approximate surface area is 93.3 Å². The van der Waals surface area contributed by atoms with Crippen LogP contribution in [0.3, 0.4) is 0 Å². The van der Waals surface area contributed by atoms with Crippen LogP contribution in [0.4, 0.5) is 0 Å². The van der Waals surface area contributed by atoms with Crippen molar-refractivity contribution in [1.82, 2.24) is 13.4 Å². The van der Waals surface area contributed by atoms with Gasteiger partial charge in [-0.25, -0.2) is 8.12 Å². The maximum Gasteiger partial charge on any atom is 0.0352 e. The van der Waals surface area contributed by atoms with Gasteiger partial charge in [-0.1, -0.05) is 0 Å². The van der Waals surface area contributed by atoms with Crippen LogP contribution in [0.2, 0.25) is 0 Å². The van der Waals surface area contributed by atoms with E-state index in [0.29, 0.717) is 6.04 Å². The summed E-state index contributed by atoms with van der Waals surface area (Å²) < 4.78 is 2.37. The van der Waals surface area contributed by atoms with Crippen molar-refractivity contribution in [2.45, 2.75) is 24.9 Å². The smallest absolute Gasteiger partial charge is 0.0352 e. The summed E-state index contributed by atoms with van der Waals surface area (Å²) in [7, 11) is 0. The van der Waals surface area contributed by atoms with Crippen LogP contribution in [0.5, 0.6) is 0 Å². The molecule has 76 valence electrons. The largest absolute Gasteiger partial charge is 0.308 e. The summed E-state index contributed by atoms with van der Waals surface area (Å²) in [4.78, 5) is 0. The number of halogens is 1. The normalized spacial score (nSPS) is 29.1. The van der Waals surface area contributed by atoms with Gasteiger partial charge in [0, 0.05) is 61.1 Å². The predicted molar refractivity (Wildman–Crippen MR) is 61.3 cm³/mol. The van der Waals surface area contributed by atoms with E-state index in [1.165, 1.54) is 25.9 Å². The van der Waals surface area contributed by atoms with E-state index < -0.39 is 0 Å². The van der Waals surface area contributed by atoms with Crippen LogP contribution in [-0.4, -0.2) is 46.4 Å². The van der Waals surface area contributed by atoms with Gasteiger partial charge in [0.15, 0.2) is 0 Å². The first-order chi connectivity index (χ1) is 6.24. The summed E-state index contributed by atoms with van der Waals surface area (Å²) in [5.41, 5.74) is 0. The number of rotatable bonds is 2. The number of hydrogen-bond acceptors (Lipinski definition) is 4. The molecule has 0 spiro atoms. The Bertz CT molecular complexity index is 164. The fourth-order valence-electron chi connectivity index (χ4n) is 1.97. The Morgan fingerprint density at radius 1 is 1.15 bits per heavy atom. The minimum Gasteiger partial charge on any atom is -0.308 e. The van der Waals surface area contributed by atoms with E-state index in [1.54, 1.807) is 0 Å². The van der Waals surface area contributed by atoms with Gasteiger partial charge in [0.05, 0.1) is 0 Å². The van der Waals surface area contributed by atoms with Crippen LogP contribution >= 0.6 is 22.9 Å². The average Bonchev–Trinajstić information content (AvgIpc) is 2.06. The minimum atomic E-state index is 0.649. The third-order valence-electron chi connectivity index (χ3n) is 2.82. The highest BCUT2D eigenvalue weighted by molar-refractivity contribution is 14.1. The number of nitrogens with two attached hydrogens (primary N) is 1. The lowest BCUT2D eigenvalue weighted by molar-refractivity contribution is 0.112. The van der Waals surface area contributed by atoms with Crippen LogP contribution in [0.1, 0.15) is 12.8 Å². The SMILES string of the molecule is NN1CC(NC2CCN(I)CC2)C1. The Balaban J connectivity index is 1.65. The van der Waals surface area contributed by atoms with Gasteiger partial charge < -0.3 is 5.32 Å². The summed E-state index contributed by atoms with van der Waals surface area (Å²) in [6, 6.07) is 1.38. The van der Waals surface area contributed by atoms with Crippen molar-refractivity contribution >= 4 is 22.9 Å². The Morgan fingerprint density at radius 3 is 2.31 bits per heavy atom. The van der Waals surface area contributed by atoms with Gasteiger partial charge in [-0.05, 0) is 12.8 Å². The standard InChI is InChI=1S/C8H17IN4/c9-12-3-1-7(2-4-12)11-8-5-13(10)6-8/h7-8,11H,1-6,10H2. The fraction of sp³-hybridized carbons (Fsp3) is 1.00. The summed E-state index contributed by atoms with van der Waals surface area (Å²) in [5.74, 6) is 5.58. The second-order valence-electron chi connectivity index (χ2n) is 4.00. The quantitative estimate of drug-likeness (QED) is 0.426. The Hall–Kier alpha value is 0.570. The molecule has 2 aliphatic heterocycles. The van der Waals surface area contributed by atoms with E-state index in [1.807, 2.05) is 5.01 Å². The predicted octanol–water partition coefficient (Wildman–Crippen LogP) is -0.0517. The van der Waals surface area contributed by atoms with Crippen LogP contribution in [0.25, 0.3) is 0 Å². The van der Waals surface area contributed by atoms with Gasteiger partial charge in [0.1, 0.15) is 0 Å². The minimum absolute atomic E-state index is 0.649. The van der Waals surface area contributed by atoms with Crippen LogP contribution < -0.4 is 11.2 Å². The number of nitrogens with one attached hydrogen (secondary N) is 1. The molecule has 2 heterocycles. The highest BCUT2D eigenvalue weighted by Crippen LogP contribution is 2.15. The van der Waals surface area contributed by atoms with Gasteiger partial charge in [-0.2, -0.15) is 0 Å². The van der Waals surface area contributed by atoms with Gasteiger partial charge in [0.25, 0.3) is 0 Å². The van der Waals surface area contributed by atoms with Gasteiger partial charge in [0.2, 0.25) is 0 Å². The number of piperidine rings is 1. The molecule has 0 aromatic carbocycles. The molecule has 3 N–H and O–H groups in total. The number of hydrogen-bond donors (Lipinski definition) is 2. The van der Waals surface area contributed by atoms with E-state index in [-0.39, 0.29) is 0 Å². The van der Waals surface area contributed by atoms with Crippen molar-refractivity contribution in [3.8, 4) is 0 Å². The zero-order valence-corrected chi connectivity index (χ0v) is 9.90. The van der Waals surface area contributed by atoms with Crippen LogP contribution in [0.15, 0.2) is 0 Å². The van der Waals surface area contributed by atoms with Crippen molar-refractivity contribution in [3.63, 3.8) is 0 Å². The lowest BCUT2D eigenvalue weighted by atomic mass is 10.0. The van der Waals surface area contributed by atoms with E-state index in [9.17, 15) is 0 Å². The lowest BCUT2D eigenvalue weighted by Gasteiger charge is -2.40. The topological polar surface area (TPSA) is 44.5 Å². The first-order valence-corrected chi connectivity index (χ1v) is 5.87. The molecular formula is C8H17IN4. The monoisotopic (exact) mass is 296 g/mol. The molecule has 0 aromatic heterocycles. The fourth-order valence-corrected chi connectivity index (χ4v) is 2.52. The molecule has 13 heavy (non-hydrogen) atoms. The first kappa shape index (κ1) is 10.1. The first-order valence-electron chi connectivity index (χ1n) is 4.90. The molecule has 2 rings (SSSR count). The van der Waals surface area contributed by atoms with Gasteiger partial charge >= 0.3 is 0 Å². The molecule has 0 radical (unpaired) electrons. The summed E-state index contributed by atoms with van der Waals surface area (Å²) in [6.07, 6.45) is 2.56. The average molecular weight is 296 g/mol. The molecule has 0 saturated carbocycles. The molecule has 0 aliphatic carbocycles. The molecular weight excluding hydrogens is 279 g/mol. The van der Waals surface area contributed by atoms with E-state index in [4.69, 9.17) is 5.84 Å². The van der Waals surface area contributed by atoms with Crippen molar-refractivity contribution in [2.24, 2.45) is 5.84 Å². The zero-order chi connectivity index (χ0) is 9.26. The van der Waals surface area contributed by atoms with Gasteiger partial charge in [-0.3, -0.25) is 5.84 Å². The molecule has 2 aliphatic rings. The van der Waals surface area contributed by atoms with Crippen LogP contribution in [-0.2, 0) is 0 Å². The maximum absolute atomic E-state index is 5.58. The summed E-state index contributed by atoms with van der Waals surface area (Å²) >= 11 is 2.40. The number of nitrogens with zero attached hydrogens (tertiary/aromatic N) is 2. The molecule has 0 unspecified atom stereocenters. The molecule has 0 aromatic rings.